The number of hydrogen-bond donors (Lipinski definition) is 0. The molecule has 0 aliphatic heterocycles. The largest absolute Gasteiger partial charge is 0.462 e. The summed E-state index contributed by atoms with van der Waals surface area (Å²) in [6, 6.07) is 0. The van der Waals surface area contributed by atoms with E-state index in [-0.39, 0.29) is 31.1 Å². The van der Waals surface area contributed by atoms with Crippen molar-refractivity contribution in [2.24, 2.45) is 0 Å². The van der Waals surface area contributed by atoms with Crippen molar-refractivity contribution in [3.8, 4) is 0 Å². The zero-order chi connectivity index (χ0) is 44.4. The van der Waals surface area contributed by atoms with Crippen LogP contribution < -0.4 is 0 Å². The van der Waals surface area contributed by atoms with Gasteiger partial charge in [-0.1, -0.05) is 183 Å². The maximum atomic E-state index is 12.8. The molecule has 0 aromatic heterocycles. The molecular formula is C55H92O6. The molecule has 0 rings (SSSR count). The van der Waals surface area contributed by atoms with Crippen molar-refractivity contribution >= 4 is 17.9 Å². The van der Waals surface area contributed by atoms with Crippen LogP contribution in [0.4, 0.5) is 0 Å². The fourth-order valence-electron chi connectivity index (χ4n) is 6.56. The van der Waals surface area contributed by atoms with Crippen LogP contribution in [0.3, 0.4) is 0 Å². The van der Waals surface area contributed by atoms with Crippen LogP contribution in [0.5, 0.6) is 0 Å². The molecule has 0 aromatic carbocycles. The number of ether oxygens (including phenoxy) is 3. The predicted octanol–water partition coefficient (Wildman–Crippen LogP) is 16.4. The molecule has 6 heteroatoms. The van der Waals surface area contributed by atoms with Gasteiger partial charge in [-0.05, 0) is 109 Å². The van der Waals surface area contributed by atoms with E-state index < -0.39 is 6.10 Å². The first kappa shape index (κ1) is 57.6. The molecule has 61 heavy (non-hydrogen) atoms. The summed E-state index contributed by atoms with van der Waals surface area (Å²) in [6.45, 7) is 6.41. The van der Waals surface area contributed by atoms with Gasteiger partial charge < -0.3 is 14.2 Å². The van der Waals surface area contributed by atoms with Gasteiger partial charge in [-0.15, -0.1) is 0 Å². The molecule has 0 aromatic rings. The molecule has 1 unspecified atom stereocenters. The van der Waals surface area contributed by atoms with Crippen LogP contribution in [0.1, 0.15) is 226 Å². The van der Waals surface area contributed by atoms with Crippen molar-refractivity contribution in [2.75, 3.05) is 13.2 Å². The molecule has 0 aliphatic carbocycles. The number of unbranched alkanes of at least 4 members (excludes halogenated alkanes) is 19. The number of carbonyl (C=O) groups excluding carboxylic acids is 3. The molecule has 0 saturated carbocycles. The van der Waals surface area contributed by atoms with Crippen molar-refractivity contribution in [1.29, 1.82) is 0 Å². The summed E-state index contributed by atoms with van der Waals surface area (Å²) < 4.78 is 16.7. The molecule has 0 bridgehead atoms. The zero-order valence-corrected chi connectivity index (χ0v) is 39.7. The normalized spacial score (nSPS) is 12.8. The summed E-state index contributed by atoms with van der Waals surface area (Å²) in [7, 11) is 0. The molecule has 348 valence electrons. The third-order valence-corrected chi connectivity index (χ3v) is 10.4. The number of hydrogen-bond acceptors (Lipinski definition) is 6. The Morgan fingerprint density at radius 1 is 0.344 bits per heavy atom. The Morgan fingerprint density at radius 3 is 1.08 bits per heavy atom. The number of carbonyl (C=O) groups is 3. The summed E-state index contributed by atoms with van der Waals surface area (Å²) in [5.41, 5.74) is 0. The second kappa shape index (κ2) is 49.2. The third kappa shape index (κ3) is 47.5. The first-order valence-electron chi connectivity index (χ1n) is 25.1. The predicted molar refractivity (Wildman–Crippen MR) is 261 cm³/mol. The fraction of sp³-hybridized carbons (Fsp3) is 0.691. The lowest BCUT2D eigenvalue weighted by molar-refractivity contribution is -0.167. The minimum Gasteiger partial charge on any atom is -0.462 e. The number of esters is 3. The lowest BCUT2D eigenvalue weighted by atomic mass is 10.1. The Kier molecular flexibility index (Phi) is 46.5. The van der Waals surface area contributed by atoms with Gasteiger partial charge in [-0.2, -0.15) is 0 Å². The smallest absolute Gasteiger partial charge is 0.306 e. The molecule has 0 radical (unpaired) electrons. The minimum absolute atomic E-state index is 0.100. The SMILES string of the molecule is CC/C=C\C/C=C\C/C=C\C/C=C\C/C=C\CCCCCC(=O)OCC(COC(=O)CCCCCC/C=C\CCCC)OC(=O)CCCCC/C=C\CCCCCCCCC. The van der Waals surface area contributed by atoms with Gasteiger partial charge in [-0.3, -0.25) is 14.4 Å². The van der Waals surface area contributed by atoms with Gasteiger partial charge in [0.1, 0.15) is 13.2 Å². The number of rotatable bonds is 44. The summed E-state index contributed by atoms with van der Waals surface area (Å²) in [6.07, 6.45) is 62.8. The Bertz CT molecular complexity index is 1200. The van der Waals surface area contributed by atoms with E-state index in [9.17, 15) is 14.4 Å². The summed E-state index contributed by atoms with van der Waals surface area (Å²) in [5, 5.41) is 0. The standard InChI is InChI=1S/C55H92O6/c1-4-7-10-13-16-19-22-24-26-27-28-29-30-32-33-36-39-42-45-48-54(57)60-51-52(50-59-53(56)47-44-41-38-35-21-18-15-12-9-6-3)61-55(58)49-46-43-40-37-34-31-25-23-20-17-14-11-8-5-2/h7,10,15-16,18-19,24,26,28-29,31-34,52H,4-6,8-9,11-14,17,20-23,25,27,30,35-51H2,1-3H3/b10-7-,18-15-,19-16-,26-24-,29-28-,33-32-,34-31-. The maximum absolute atomic E-state index is 12.8. The van der Waals surface area contributed by atoms with E-state index in [0.29, 0.717) is 19.3 Å². The third-order valence-electron chi connectivity index (χ3n) is 10.4. The quantitative estimate of drug-likeness (QED) is 0.0263. The second-order valence-corrected chi connectivity index (χ2v) is 16.3. The molecule has 0 saturated heterocycles. The minimum atomic E-state index is -0.801. The molecule has 1 atom stereocenters. The van der Waals surface area contributed by atoms with Gasteiger partial charge in [0.25, 0.3) is 0 Å². The van der Waals surface area contributed by atoms with Crippen LogP contribution in [-0.4, -0.2) is 37.2 Å². The Labute approximate surface area is 375 Å². The lowest BCUT2D eigenvalue weighted by Gasteiger charge is -2.18. The summed E-state index contributed by atoms with van der Waals surface area (Å²) in [4.78, 5) is 37.9. The average molecular weight is 849 g/mol. The van der Waals surface area contributed by atoms with Gasteiger partial charge in [0.05, 0.1) is 0 Å². The van der Waals surface area contributed by atoms with E-state index in [1.807, 2.05) is 0 Å². The average Bonchev–Trinajstić information content (AvgIpc) is 3.26. The van der Waals surface area contributed by atoms with Crippen molar-refractivity contribution in [1.82, 2.24) is 0 Å². The number of allylic oxidation sites excluding steroid dienone is 14. The van der Waals surface area contributed by atoms with Crippen molar-refractivity contribution in [3.05, 3.63) is 85.1 Å². The Morgan fingerprint density at radius 2 is 0.656 bits per heavy atom. The van der Waals surface area contributed by atoms with Crippen LogP contribution in [0, 0.1) is 0 Å². The zero-order valence-electron chi connectivity index (χ0n) is 39.7. The Balaban J connectivity index is 4.45. The van der Waals surface area contributed by atoms with Gasteiger partial charge >= 0.3 is 17.9 Å². The van der Waals surface area contributed by atoms with Crippen LogP contribution in [0.15, 0.2) is 85.1 Å². The van der Waals surface area contributed by atoms with Crippen LogP contribution in [0.25, 0.3) is 0 Å². The Hall–Kier alpha value is -3.41. The lowest BCUT2D eigenvalue weighted by Crippen LogP contribution is -2.30. The first-order chi connectivity index (χ1) is 30.0. The molecule has 0 aliphatic rings. The monoisotopic (exact) mass is 849 g/mol. The molecule has 0 N–H and O–H groups in total. The van der Waals surface area contributed by atoms with Crippen LogP contribution in [0.2, 0.25) is 0 Å². The molecular weight excluding hydrogens is 757 g/mol. The highest BCUT2D eigenvalue weighted by Gasteiger charge is 2.19. The van der Waals surface area contributed by atoms with E-state index in [0.717, 1.165) is 128 Å². The van der Waals surface area contributed by atoms with Crippen molar-refractivity contribution < 1.29 is 28.6 Å². The molecule has 6 nitrogen and oxygen atoms in total. The van der Waals surface area contributed by atoms with Gasteiger partial charge in [0.2, 0.25) is 0 Å². The van der Waals surface area contributed by atoms with E-state index in [1.54, 1.807) is 0 Å². The first-order valence-corrected chi connectivity index (χ1v) is 25.1. The molecule has 0 spiro atoms. The van der Waals surface area contributed by atoms with Gasteiger partial charge in [-0.25, -0.2) is 0 Å². The molecule has 0 fully saturated rings. The second-order valence-electron chi connectivity index (χ2n) is 16.3. The highest BCUT2D eigenvalue weighted by molar-refractivity contribution is 5.71. The van der Waals surface area contributed by atoms with E-state index in [4.69, 9.17) is 14.2 Å². The van der Waals surface area contributed by atoms with E-state index in [2.05, 4.69) is 106 Å². The topological polar surface area (TPSA) is 78.9 Å². The molecule has 0 amide bonds. The van der Waals surface area contributed by atoms with Crippen molar-refractivity contribution in [3.63, 3.8) is 0 Å². The van der Waals surface area contributed by atoms with Crippen LogP contribution in [-0.2, 0) is 28.6 Å². The van der Waals surface area contributed by atoms with Gasteiger partial charge in [0.15, 0.2) is 6.10 Å². The van der Waals surface area contributed by atoms with E-state index in [1.165, 1.54) is 57.8 Å². The molecule has 0 heterocycles. The highest BCUT2D eigenvalue weighted by atomic mass is 16.6. The maximum Gasteiger partial charge on any atom is 0.306 e. The van der Waals surface area contributed by atoms with Crippen molar-refractivity contribution in [2.45, 2.75) is 232 Å². The fourth-order valence-corrected chi connectivity index (χ4v) is 6.56. The highest BCUT2D eigenvalue weighted by Crippen LogP contribution is 2.13. The summed E-state index contributed by atoms with van der Waals surface area (Å²) >= 11 is 0. The van der Waals surface area contributed by atoms with E-state index >= 15 is 0 Å². The summed E-state index contributed by atoms with van der Waals surface area (Å²) in [5.74, 6) is -0.966. The van der Waals surface area contributed by atoms with Crippen LogP contribution >= 0.6 is 0 Å². The van der Waals surface area contributed by atoms with Gasteiger partial charge in [0, 0.05) is 19.3 Å².